The van der Waals surface area contributed by atoms with Crippen LogP contribution in [0.15, 0.2) is 76.5 Å². The molecule has 0 saturated heterocycles. The summed E-state index contributed by atoms with van der Waals surface area (Å²) in [5.41, 5.74) is 7.80. The minimum absolute atomic E-state index is 0.0594. The number of benzene rings is 3. The number of rotatable bonds is 8. The van der Waals surface area contributed by atoms with Crippen molar-refractivity contribution in [3.63, 3.8) is 0 Å². The molecule has 1 unspecified atom stereocenters. The van der Waals surface area contributed by atoms with E-state index in [0.29, 0.717) is 29.2 Å². The number of nitrogens with two attached hydrogens (primary N) is 1. The molecule has 0 saturated carbocycles. The molecule has 0 aromatic heterocycles. The molecule has 0 spiro atoms. The molecule has 7 nitrogen and oxygen atoms in total. The second-order valence-electron chi connectivity index (χ2n) is 6.64. The number of nitrogens with one attached hydrogen (secondary N) is 2. The lowest BCUT2D eigenvalue weighted by molar-refractivity contribution is 0.340. The first kappa shape index (κ1) is 22.5. The fourth-order valence-corrected chi connectivity index (χ4v) is 5.44. The van der Waals surface area contributed by atoms with E-state index in [1.54, 1.807) is 42.5 Å². The van der Waals surface area contributed by atoms with Crippen LogP contribution in [-0.4, -0.2) is 31.2 Å². The van der Waals surface area contributed by atoms with Crippen LogP contribution < -0.4 is 15.2 Å². The van der Waals surface area contributed by atoms with Crippen LogP contribution in [0.2, 0.25) is 0 Å². The fourth-order valence-electron chi connectivity index (χ4n) is 3.00. The van der Waals surface area contributed by atoms with Gasteiger partial charge in [0.15, 0.2) is 0 Å². The van der Waals surface area contributed by atoms with Crippen molar-refractivity contribution in [3.8, 4) is 5.75 Å². The van der Waals surface area contributed by atoms with E-state index < -0.39 is 20.8 Å². The molecule has 0 aliphatic rings. The molecular formula is C22H23N3O4S2. The van der Waals surface area contributed by atoms with E-state index in [9.17, 15) is 12.6 Å². The standard InChI is InChI=1S/C22H23N3O4S2/c1-3-29-17-11-8-15(9-12-17)22(24)18-14-16(10-13-19(18)23)25-31(27,28)21-7-5-4-6-20(21)30(2)26/h4-14,24-25H,3,23H2,1-2H3. The first-order valence-corrected chi connectivity index (χ1v) is 12.4. The van der Waals surface area contributed by atoms with Crippen LogP contribution in [0.25, 0.3) is 0 Å². The van der Waals surface area contributed by atoms with E-state index in [-0.39, 0.29) is 21.2 Å². The molecule has 0 heterocycles. The van der Waals surface area contributed by atoms with Gasteiger partial charge in [0, 0.05) is 28.8 Å². The molecule has 3 rings (SSSR count). The average Bonchev–Trinajstić information content (AvgIpc) is 2.75. The Morgan fingerprint density at radius 1 is 1.10 bits per heavy atom. The highest BCUT2D eigenvalue weighted by molar-refractivity contribution is 7.93. The Morgan fingerprint density at radius 2 is 1.77 bits per heavy atom. The molecule has 0 aliphatic carbocycles. The molecule has 0 bridgehead atoms. The Morgan fingerprint density at radius 3 is 2.42 bits per heavy atom. The third-order valence-corrected chi connectivity index (χ3v) is 7.02. The normalized spacial score (nSPS) is 12.2. The summed E-state index contributed by atoms with van der Waals surface area (Å²) in [6.07, 6.45) is 1.42. The lowest BCUT2D eigenvalue weighted by Gasteiger charge is -2.14. The molecule has 9 heteroatoms. The van der Waals surface area contributed by atoms with Crippen LogP contribution in [0.1, 0.15) is 18.1 Å². The summed E-state index contributed by atoms with van der Waals surface area (Å²) in [7, 11) is -5.46. The number of ether oxygens (including phenoxy) is 1. The van der Waals surface area contributed by atoms with Crippen molar-refractivity contribution in [1.29, 1.82) is 5.41 Å². The summed E-state index contributed by atoms with van der Waals surface area (Å²) in [6, 6.07) is 17.7. The zero-order valence-corrected chi connectivity index (χ0v) is 18.7. The maximum atomic E-state index is 12.9. The Labute approximate surface area is 184 Å². The molecular weight excluding hydrogens is 434 g/mol. The number of nitrogen functional groups attached to an aromatic ring is 1. The molecule has 0 amide bonds. The molecule has 162 valence electrons. The summed E-state index contributed by atoms with van der Waals surface area (Å²) in [4.78, 5) is 0.156. The number of hydrogen-bond donors (Lipinski definition) is 3. The van der Waals surface area contributed by atoms with Crippen LogP contribution in [0.4, 0.5) is 11.4 Å². The van der Waals surface area contributed by atoms with Gasteiger partial charge in [0.05, 0.1) is 28.0 Å². The van der Waals surface area contributed by atoms with Crippen molar-refractivity contribution in [3.05, 3.63) is 77.9 Å². The topological polar surface area (TPSA) is 122 Å². The fraction of sp³-hybridized carbons (Fsp3) is 0.136. The van der Waals surface area contributed by atoms with Crippen molar-refractivity contribution in [2.45, 2.75) is 16.7 Å². The molecule has 0 fully saturated rings. The van der Waals surface area contributed by atoms with Gasteiger partial charge < -0.3 is 10.5 Å². The van der Waals surface area contributed by atoms with E-state index in [0.717, 1.165) is 0 Å². The van der Waals surface area contributed by atoms with E-state index in [1.165, 1.54) is 30.5 Å². The zero-order valence-electron chi connectivity index (χ0n) is 17.1. The average molecular weight is 458 g/mol. The molecule has 3 aromatic carbocycles. The molecule has 31 heavy (non-hydrogen) atoms. The van der Waals surface area contributed by atoms with Gasteiger partial charge >= 0.3 is 0 Å². The predicted octanol–water partition coefficient (Wildman–Crippen LogP) is 3.62. The molecule has 0 radical (unpaired) electrons. The van der Waals surface area contributed by atoms with Gasteiger partial charge in [-0.15, -0.1) is 0 Å². The maximum absolute atomic E-state index is 12.9. The smallest absolute Gasteiger partial charge is 0.263 e. The van der Waals surface area contributed by atoms with E-state index in [1.807, 2.05) is 6.92 Å². The third-order valence-electron chi connectivity index (χ3n) is 4.48. The zero-order chi connectivity index (χ0) is 22.6. The summed E-state index contributed by atoms with van der Waals surface area (Å²) >= 11 is 0. The third kappa shape index (κ3) is 5.12. The summed E-state index contributed by atoms with van der Waals surface area (Å²) in [5.74, 6) is 0.695. The second kappa shape index (κ2) is 9.32. The number of sulfonamides is 1. The van der Waals surface area contributed by atoms with Gasteiger partial charge in [0.1, 0.15) is 10.6 Å². The Hall–Kier alpha value is -3.17. The van der Waals surface area contributed by atoms with Gasteiger partial charge in [0.2, 0.25) is 0 Å². The Bertz CT molecular complexity index is 1240. The largest absolute Gasteiger partial charge is 0.494 e. The first-order chi connectivity index (χ1) is 14.7. The molecule has 3 aromatic rings. The van der Waals surface area contributed by atoms with Crippen LogP contribution in [0.3, 0.4) is 0 Å². The monoisotopic (exact) mass is 457 g/mol. The van der Waals surface area contributed by atoms with E-state index >= 15 is 0 Å². The number of anilines is 2. The summed E-state index contributed by atoms with van der Waals surface area (Å²) in [5, 5.41) is 8.53. The van der Waals surface area contributed by atoms with Gasteiger partial charge in [-0.25, -0.2) is 8.42 Å². The van der Waals surface area contributed by atoms with Crippen LogP contribution >= 0.6 is 0 Å². The highest BCUT2D eigenvalue weighted by atomic mass is 32.2. The maximum Gasteiger partial charge on any atom is 0.263 e. The lowest BCUT2D eigenvalue weighted by Crippen LogP contribution is -2.16. The van der Waals surface area contributed by atoms with Gasteiger partial charge in [-0.3, -0.25) is 14.3 Å². The molecule has 1 atom stereocenters. The summed E-state index contributed by atoms with van der Waals surface area (Å²) < 4.78 is 45.7. The second-order valence-corrected chi connectivity index (χ2v) is 9.64. The van der Waals surface area contributed by atoms with E-state index in [4.69, 9.17) is 15.9 Å². The highest BCUT2D eigenvalue weighted by Crippen LogP contribution is 2.26. The quantitative estimate of drug-likeness (QED) is 0.352. The highest BCUT2D eigenvalue weighted by Gasteiger charge is 2.21. The van der Waals surface area contributed by atoms with Crippen molar-refractivity contribution in [2.75, 3.05) is 23.3 Å². The number of hydrogen-bond acceptors (Lipinski definition) is 6. The van der Waals surface area contributed by atoms with Gasteiger partial charge in [-0.05, 0) is 61.5 Å². The predicted molar refractivity (Wildman–Crippen MR) is 124 cm³/mol. The minimum atomic E-state index is -3.99. The molecule has 0 aliphatic heterocycles. The first-order valence-electron chi connectivity index (χ1n) is 9.40. The van der Waals surface area contributed by atoms with Crippen LogP contribution in [-0.2, 0) is 20.8 Å². The van der Waals surface area contributed by atoms with Gasteiger partial charge in [-0.2, -0.15) is 0 Å². The van der Waals surface area contributed by atoms with Gasteiger partial charge in [-0.1, -0.05) is 12.1 Å². The lowest BCUT2D eigenvalue weighted by atomic mass is 10.0. The van der Waals surface area contributed by atoms with Crippen LogP contribution in [0.5, 0.6) is 5.75 Å². The van der Waals surface area contributed by atoms with Crippen molar-refractivity contribution < 1.29 is 17.4 Å². The van der Waals surface area contributed by atoms with Gasteiger partial charge in [0.25, 0.3) is 10.0 Å². The Kier molecular flexibility index (Phi) is 6.77. The Balaban J connectivity index is 1.92. The van der Waals surface area contributed by atoms with Crippen LogP contribution in [0, 0.1) is 5.41 Å². The van der Waals surface area contributed by atoms with Crippen molar-refractivity contribution >= 4 is 37.9 Å². The minimum Gasteiger partial charge on any atom is -0.494 e. The summed E-state index contributed by atoms with van der Waals surface area (Å²) in [6.45, 7) is 2.43. The van der Waals surface area contributed by atoms with E-state index in [2.05, 4.69) is 4.72 Å². The van der Waals surface area contributed by atoms with Crippen molar-refractivity contribution in [1.82, 2.24) is 0 Å². The van der Waals surface area contributed by atoms with Crippen molar-refractivity contribution in [2.24, 2.45) is 0 Å². The SMILES string of the molecule is CCOc1ccc(C(=N)c2cc(NS(=O)(=O)c3ccccc3S(C)=O)ccc2N)cc1. The molecule has 4 N–H and O–H groups in total.